The molecule has 0 N–H and O–H groups in total. The second-order valence-corrected chi connectivity index (χ2v) is 7.22. The quantitative estimate of drug-likeness (QED) is 0.447. The lowest BCUT2D eigenvalue weighted by molar-refractivity contribution is -0.178. The number of hydrogen-bond donors (Lipinski definition) is 0. The summed E-state index contributed by atoms with van der Waals surface area (Å²) in [5.74, 6) is -1.37. The molecule has 0 saturated heterocycles. The molecule has 0 spiro atoms. The third-order valence-electron chi connectivity index (χ3n) is 4.49. The smallest absolute Gasteiger partial charge is 0.357 e. The molecule has 2 heterocycles. The van der Waals surface area contributed by atoms with Gasteiger partial charge in [0, 0.05) is 29.7 Å². The number of benzene rings is 1. The number of ether oxygens (including phenoxy) is 4. The van der Waals surface area contributed by atoms with E-state index in [4.69, 9.17) is 18.9 Å². The van der Waals surface area contributed by atoms with Gasteiger partial charge >= 0.3 is 17.9 Å². The van der Waals surface area contributed by atoms with Gasteiger partial charge in [-0.1, -0.05) is 12.2 Å². The fraction of sp³-hybridized carbons (Fsp3) is 0.381. The van der Waals surface area contributed by atoms with E-state index in [0.717, 1.165) is 5.56 Å². The molecular formula is C21H22O7. The van der Waals surface area contributed by atoms with E-state index in [1.54, 1.807) is 32.1 Å². The maximum absolute atomic E-state index is 12.5. The fourth-order valence-corrected chi connectivity index (χ4v) is 2.93. The Labute approximate surface area is 162 Å². The largest absolute Gasteiger partial charge is 0.483 e. The van der Waals surface area contributed by atoms with Gasteiger partial charge in [0.15, 0.2) is 6.10 Å². The summed E-state index contributed by atoms with van der Waals surface area (Å²) >= 11 is 0. The minimum Gasteiger partial charge on any atom is -0.483 e. The van der Waals surface area contributed by atoms with Crippen LogP contribution >= 0.6 is 0 Å². The van der Waals surface area contributed by atoms with Crippen LogP contribution in [0.3, 0.4) is 0 Å². The van der Waals surface area contributed by atoms with Gasteiger partial charge < -0.3 is 18.9 Å². The summed E-state index contributed by atoms with van der Waals surface area (Å²) in [4.78, 5) is 36.4. The topological polar surface area (TPSA) is 88.1 Å². The summed E-state index contributed by atoms with van der Waals surface area (Å²) in [7, 11) is 0. The van der Waals surface area contributed by atoms with E-state index in [2.05, 4.69) is 0 Å². The van der Waals surface area contributed by atoms with E-state index in [1.807, 2.05) is 26.0 Å². The Hall–Kier alpha value is -3.09. The SMILES string of the molecule is C/C=C(/C)C(=O)O[C@H]1C(=O)Oc2cc3c(cc2[C@H]1OC(C)=O)C=CC(C)(C)O3. The third-order valence-corrected chi connectivity index (χ3v) is 4.49. The minimum absolute atomic E-state index is 0.205. The molecule has 2 atom stereocenters. The zero-order chi connectivity index (χ0) is 20.6. The number of allylic oxidation sites excluding steroid dienone is 1. The summed E-state index contributed by atoms with van der Waals surface area (Å²) in [6.45, 7) is 8.26. The Bertz CT molecular complexity index is 908. The molecule has 0 fully saturated rings. The van der Waals surface area contributed by atoms with Crippen molar-refractivity contribution < 1.29 is 33.3 Å². The van der Waals surface area contributed by atoms with Crippen molar-refractivity contribution in [2.75, 3.05) is 0 Å². The molecule has 148 valence electrons. The van der Waals surface area contributed by atoms with E-state index < -0.39 is 35.7 Å². The predicted molar refractivity (Wildman–Crippen MR) is 99.6 cm³/mol. The van der Waals surface area contributed by atoms with Crippen LogP contribution in [0.2, 0.25) is 0 Å². The van der Waals surface area contributed by atoms with Gasteiger partial charge in [0.05, 0.1) is 0 Å². The van der Waals surface area contributed by atoms with Gasteiger partial charge in [0.25, 0.3) is 0 Å². The van der Waals surface area contributed by atoms with E-state index >= 15 is 0 Å². The van der Waals surface area contributed by atoms with Crippen LogP contribution in [0.15, 0.2) is 29.9 Å². The van der Waals surface area contributed by atoms with E-state index in [9.17, 15) is 14.4 Å². The molecule has 0 aromatic heterocycles. The van der Waals surface area contributed by atoms with Crippen LogP contribution in [-0.2, 0) is 23.9 Å². The highest BCUT2D eigenvalue weighted by Crippen LogP contribution is 2.43. The van der Waals surface area contributed by atoms with E-state index in [-0.39, 0.29) is 5.75 Å². The van der Waals surface area contributed by atoms with Crippen LogP contribution in [0.4, 0.5) is 0 Å². The number of hydrogen-bond acceptors (Lipinski definition) is 7. The van der Waals surface area contributed by atoms with E-state index in [0.29, 0.717) is 16.9 Å². The van der Waals surface area contributed by atoms with Crippen LogP contribution < -0.4 is 9.47 Å². The van der Waals surface area contributed by atoms with Crippen molar-refractivity contribution in [3.8, 4) is 11.5 Å². The fourth-order valence-electron chi connectivity index (χ4n) is 2.93. The summed E-state index contributed by atoms with van der Waals surface area (Å²) < 4.78 is 21.9. The molecule has 1 aromatic rings. The lowest BCUT2D eigenvalue weighted by Gasteiger charge is -2.33. The van der Waals surface area contributed by atoms with Crippen molar-refractivity contribution in [2.45, 2.75) is 52.4 Å². The van der Waals surface area contributed by atoms with Crippen molar-refractivity contribution in [1.82, 2.24) is 0 Å². The molecule has 7 nitrogen and oxygen atoms in total. The van der Waals surface area contributed by atoms with Crippen LogP contribution in [0.25, 0.3) is 6.08 Å². The first kappa shape index (κ1) is 19.7. The first-order chi connectivity index (χ1) is 13.1. The second-order valence-electron chi connectivity index (χ2n) is 7.22. The maximum atomic E-state index is 12.5. The van der Waals surface area contributed by atoms with Gasteiger partial charge in [0.1, 0.15) is 17.1 Å². The average Bonchev–Trinajstić information content (AvgIpc) is 2.61. The summed E-state index contributed by atoms with van der Waals surface area (Å²) in [5.41, 5.74) is 0.988. The zero-order valence-corrected chi connectivity index (χ0v) is 16.4. The van der Waals surface area contributed by atoms with Crippen LogP contribution in [0.1, 0.15) is 51.8 Å². The number of rotatable bonds is 3. The molecule has 2 aliphatic heterocycles. The highest BCUT2D eigenvalue weighted by atomic mass is 16.6. The molecule has 0 unspecified atom stereocenters. The number of carbonyl (C=O) groups excluding carboxylic acids is 3. The molecule has 0 aliphatic carbocycles. The molecule has 28 heavy (non-hydrogen) atoms. The first-order valence-corrected chi connectivity index (χ1v) is 8.90. The zero-order valence-electron chi connectivity index (χ0n) is 16.4. The van der Waals surface area contributed by atoms with Crippen LogP contribution in [0, 0.1) is 0 Å². The molecule has 7 heteroatoms. The molecule has 1 aromatic carbocycles. The monoisotopic (exact) mass is 386 g/mol. The minimum atomic E-state index is -1.40. The second kappa shape index (κ2) is 7.14. The number of carbonyl (C=O) groups is 3. The Morgan fingerprint density at radius 3 is 2.46 bits per heavy atom. The van der Waals surface area contributed by atoms with Gasteiger partial charge in [-0.3, -0.25) is 4.79 Å². The van der Waals surface area contributed by atoms with Crippen molar-refractivity contribution in [2.24, 2.45) is 0 Å². The summed E-state index contributed by atoms with van der Waals surface area (Å²) in [6, 6.07) is 3.29. The van der Waals surface area contributed by atoms with Crippen molar-refractivity contribution in [3.05, 3.63) is 41.0 Å². The number of fused-ring (bicyclic) bond motifs is 2. The molecule has 0 bridgehead atoms. The Morgan fingerprint density at radius 2 is 1.82 bits per heavy atom. The maximum Gasteiger partial charge on any atom is 0.357 e. The number of esters is 3. The lowest BCUT2D eigenvalue weighted by atomic mass is 9.94. The molecule has 2 aliphatic rings. The standard InChI is InChI=1S/C21H22O7/c1-6-11(2)19(23)27-18-17(25-12(3)22)14-9-13-7-8-21(4,5)28-15(13)10-16(14)26-20(18)24/h6-10,17-18H,1-5H3/b11-6-/t17-,18-/m1/s1. The molecule has 0 radical (unpaired) electrons. The van der Waals surface area contributed by atoms with Crippen molar-refractivity contribution in [1.29, 1.82) is 0 Å². The Morgan fingerprint density at radius 1 is 1.11 bits per heavy atom. The summed E-state index contributed by atoms with van der Waals surface area (Å²) in [6.07, 6.45) is 2.82. The normalized spacial score (nSPS) is 22.3. The van der Waals surface area contributed by atoms with Crippen LogP contribution in [-0.4, -0.2) is 29.6 Å². The highest BCUT2D eigenvalue weighted by Gasteiger charge is 2.44. The van der Waals surface area contributed by atoms with Gasteiger partial charge in [-0.15, -0.1) is 0 Å². The highest BCUT2D eigenvalue weighted by molar-refractivity contribution is 5.91. The average molecular weight is 386 g/mol. The van der Waals surface area contributed by atoms with Crippen molar-refractivity contribution in [3.63, 3.8) is 0 Å². The molecule has 0 amide bonds. The van der Waals surface area contributed by atoms with Gasteiger partial charge in [-0.05, 0) is 39.8 Å². The first-order valence-electron chi connectivity index (χ1n) is 8.90. The van der Waals surface area contributed by atoms with Gasteiger partial charge in [-0.2, -0.15) is 0 Å². The predicted octanol–water partition coefficient (Wildman–Crippen LogP) is 3.27. The Kier molecular flexibility index (Phi) is 5.02. The van der Waals surface area contributed by atoms with Gasteiger partial charge in [-0.25, -0.2) is 9.59 Å². The molecule has 0 saturated carbocycles. The van der Waals surface area contributed by atoms with Crippen molar-refractivity contribution >= 4 is 24.0 Å². The molecular weight excluding hydrogens is 364 g/mol. The lowest BCUT2D eigenvalue weighted by Crippen LogP contribution is -2.42. The Balaban J connectivity index is 2.03. The molecule has 3 rings (SSSR count). The van der Waals surface area contributed by atoms with E-state index in [1.165, 1.54) is 6.92 Å². The third kappa shape index (κ3) is 3.78. The van der Waals surface area contributed by atoms with Gasteiger partial charge in [0.2, 0.25) is 6.10 Å². The van der Waals surface area contributed by atoms with Crippen LogP contribution in [0.5, 0.6) is 11.5 Å². The summed E-state index contributed by atoms with van der Waals surface area (Å²) in [5, 5.41) is 0.